The minimum atomic E-state index is -0.165. The van der Waals surface area contributed by atoms with Crippen molar-refractivity contribution in [3.8, 4) is 0 Å². The summed E-state index contributed by atoms with van der Waals surface area (Å²) in [7, 11) is 0. The van der Waals surface area contributed by atoms with Crippen molar-refractivity contribution in [2.75, 3.05) is 37.6 Å². The van der Waals surface area contributed by atoms with Crippen molar-refractivity contribution in [3.05, 3.63) is 30.3 Å². The number of carbonyl (C=O) groups is 1. The highest BCUT2D eigenvalue weighted by Gasteiger charge is 2.28. The topological polar surface area (TPSA) is 35.6 Å². The molecular formula is C20H33N3O. The highest BCUT2D eigenvalue weighted by atomic mass is 16.2. The first-order chi connectivity index (χ1) is 11.1. The molecule has 4 heteroatoms. The predicted octanol–water partition coefficient (Wildman–Crippen LogP) is 3.14. The van der Waals surface area contributed by atoms with Gasteiger partial charge in [0.05, 0.1) is 6.54 Å². The molecular weight excluding hydrogens is 298 g/mol. The lowest BCUT2D eigenvalue weighted by Gasteiger charge is -2.37. The monoisotopic (exact) mass is 331 g/mol. The van der Waals surface area contributed by atoms with Gasteiger partial charge in [-0.1, -0.05) is 39.0 Å². The van der Waals surface area contributed by atoms with Crippen LogP contribution in [0.15, 0.2) is 30.3 Å². The van der Waals surface area contributed by atoms with E-state index in [1.165, 1.54) is 5.69 Å². The van der Waals surface area contributed by atoms with E-state index < -0.39 is 0 Å². The van der Waals surface area contributed by atoms with Crippen molar-refractivity contribution >= 4 is 11.6 Å². The van der Waals surface area contributed by atoms with Gasteiger partial charge >= 0.3 is 0 Å². The number of nitrogens with zero attached hydrogens (tertiary/aromatic N) is 2. The number of hydrogen-bond donors (Lipinski definition) is 1. The Kier molecular flexibility index (Phi) is 5.92. The number of carbonyl (C=O) groups excluding carboxylic acids is 1. The van der Waals surface area contributed by atoms with E-state index in [9.17, 15) is 4.79 Å². The molecule has 0 unspecified atom stereocenters. The first-order valence-corrected chi connectivity index (χ1v) is 8.98. The quantitative estimate of drug-likeness (QED) is 0.900. The molecule has 24 heavy (non-hydrogen) atoms. The Morgan fingerprint density at radius 2 is 1.58 bits per heavy atom. The van der Waals surface area contributed by atoms with Crippen LogP contribution in [-0.2, 0) is 4.79 Å². The molecule has 0 aromatic heterocycles. The third kappa shape index (κ3) is 6.16. The van der Waals surface area contributed by atoms with Crippen LogP contribution in [0.2, 0.25) is 0 Å². The van der Waals surface area contributed by atoms with Crippen molar-refractivity contribution in [2.45, 2.75) is 46.6 Å². The number of hydrogen-bond acceptors (Lipinski definition) is 3. The van der Waals surface area contributed by atoms with Crippen LogP contribution in [0.3, 0.4) is 0 Å². The Bertz CT molecular complexity index is 526. The molecule has 0 spiro atoms. The summed E-state index contributed by atoms with van der Waals surface area (Å²) in [5, 5.41) is 3.21. The molecule has 1 amide bonds. The second-order valence-corrected chi connectivity index (χ2v) is 8.77. The van der Waals surface area contributed by atoms with Gasteiger partial charge in [-0.05, 0) is 37.8 Å². The van der Waals surface area contributed by atoms with Gasteiger partial charge in [-0.15, -0.1) is 0 Å². The van der Waals surface area contributed by atoms with Gasteiger partial charge in [-0.2, -0.15) is 0 Å². The van der Waals surface area contributed by atoms with Gasteiger partial charge < -0.3 is 10.2 Å². The zero-order chi connectivity index (χ0) is 17.8. The van der Waals surface area contributed by atoms with Crippen molar-refractivity contribution in [1.82, 2.24) is 10.2 Å². The molecule has 0 radical (unpaired) electrons. The van der Waals surface area contributed by atoms with E-state index in [0.717, 1.165) is 32.6 Å². The predicted molar refractivity (Wildman–Crippen MR) is 101 cm³/mol. The van der Waals surface area contributed by atoms with Crippen molar-refractivity contribution in [2.24, 2.45) is 5.41 Å². The number of rotatable bonds is 5. The fourth-order valence-corrected chi connectivity index (χ4v) is 3.79. The van der Waals surface area contributed by atoms with Gasteiger partial charge in [-0.3, -0.25) is 9.69 Å². The molecule has 0 atom stereocenters. The molecule has 1 N–H and O–H groups in total. The SMILES string of the molecule is CC(C)(C)CC(C)(C)NC(=O)CN1CCN(c2ccccc2)CC1. The summed E-state index contributed by atoms with van der Waals surface area (Å²) in [6.45, 7) is 15.2. The molecule has 0 bridgehead atoms. The van der Waals surface area contributed by atoms with Crippen LogP contribution in [-0.4, -0.2) is 49.1 Å². The summed E-state index contributed by atoms with van der Waals surface area (Å²) in [6, 6.07) is 10.5. The second-order valence-electron chi connectivity index (χ2n) is 8.77. The molecule has 2 rings (SSSR count). The first kappa shape index (κ1) is 18.8. The minimum Gasteiger partial charge on any atom is -0.369 e. The van der Waals surface area contributed by atoms with Gasteiger partial charge in [-0.25, -0.2) is 0 Å². The van der Waals surface area contributed by atoms with Crippen LogP contribution < -0.4 is 10.2 Å². The second kappa shape index (κ2) is 7.56. The molecule has 1 aliphatic rings. The van der Waals surface area contributed by atoms with Gasteiger partial charge in [0.25, 0.3) is 0 Å². The maximum Gasteiger partial charge on any atom is 0.234 e. The lowest BCUT2D eigenvalue weighted by molar-refractivity contribution is -0.124. The standard InChI is InChI=1S/C20H33N3O/c1-19(2,3)16-20(4,5)21-18(24)15-22-11-13-23(14-12-22)17-9-7-6-8-10-17/h6-10H,11-16H2,1-5H3,(H,21,24). The number of piperazine rings is 1. The smallest absolute Gasteiger partial charge is 0.234 e. The Hall–Kier alpha value is -1.55. The van der Waals surface area contributed by atoms with Crippen LogP contribution in [0.5, 0.6) is 0 Å². The molecule has 4 nitrogen and oxygen atoms in total. The zero-order valence-electron chi connectivity index (χ0n) is 15.9. The average molecular weight is 332 g/mol. The minimum absolute atomic E-state index is 0.136. The van der Waals surface area contributed by atoms with E-state index in [-0.39, 0.29) is 16.9 Å². The van der Waals surface area contributed by atoms with E-state index in [4.69, 9.17) is 0 Å². The lowest BCUT2D eigenvalue weighted by atomic mass is 9.82. The van der Waals surface area contributed by atoms with E-state index in [0.29, 0.717) is 6.54 Å². The van der Waals surface area contributed by atoms with E-state index in [1.54, 1.807) is 0 Å². The van der Waals surface area contributed by atoms with E-state index in [2.05, 4.69) is 74.0 Å². The Morgan fingerprint density at radius 3 is 2.12 bits per heavy atom. The fraction of sp³-hybridized carbons (Fsp3) is 0.650. The van der Waals surface area contributed by atoms with Crippen LogP contribution in [0, 0.1) is 5.41 Å². The summed E-state index contributed by atoms with van der Waals surface area (Å²) < 4.78 is 0. The van der Waals surface area contributed by atoms with Crippen molar-refractivity contribution in [3.63, 3.8) is 0 Å². The molecule has 0 aliphatic carbocycles. The summed E-state index contributed by atoms with van der Waals surface area (Å²) in [4.78, 5) is 17.0. The molecule has 1 fully saturated rings. The summed E-state index contributed by atoms with van der Waals surface area (Å²) in [5.74, 6) is 0.136. The van der Waals surface area contributed by atoms with Crippen LogP contribution >= 0.6 is 0 Å². The average Bonchev–Trinajstić information content (AvgIpc) is 2.45. The Labute approximate surface area is 147 Å². The zero-order valence-corrected chi connectivity index (χ0v) is 15.9. The summed E-state index contributed by atoms with van der Waals surface area (Å²) in [5.41, 5.74) is 1.31. The highest BCUT2D eigenvalue weighted by Crippen LogP contribution is 2.26. The molecule has 1 aromatic carbocycles. The lowest BCUT2D eigenvalue weighted by Crippen LogP contribution is -2.53. The molecule has 1 aliphatic heterocycles. The maximum atomic E-state index is 12.4. The van der Waals surface area contributed by atoms with Crippen molar-refractivity contribution < 1.29 is 4.79 Å². The largest absolute Gasteiger partial charge is 0.369 e. The molecule has 1 aromatic rings. The van der Waals surface area contributed by atoms with Crippen LogP contribution in [0.1, 0.15) is 41.0 Å². The van der Waals surface area contributed by atoms with Gasteiger partial charge in [0.2, 0.25) is 5.91 Å². The molecule has 1 saturated heterocycles. The number of para-hydroxylation sites is 1. The van der Waals surface area contributed by atoms with E-state index in [1.807, 2.05) is 6.07 Å². The third-order valence-electron chi connectivity index (χ3n) is 4.31. The summed E-state index contributed by atoms with van der Waals surface area (Å²) >= 11 is 0. The third-order valence-corrected chi connectivity index (χ3v) is 4.31. The molecule has 1 heterocycles. The normalized spacial score (nSPS) is 17.0. The molecule has 134 valence electrons. The number of amides is 1. The van der Waals surface area contributed by atoms with Gasteiger partial charge in [0, 0.05) is 37.4 Å². The van der Waals surface area contributed by atoms with Crippen molar-refractivity contribution in [1.29, 1.82) is 0 Å². The highest BCUT2D eigenvalue weighted by molar-refractivity contribution is 5.78. The van der Waals surface area contributed by atoms with E-state index >= 15 is 0 Å². The van der Waals surface area contributed by atoms with Crippen LogP contribution in [0.4, 0.5) is 5.69 Å². The Morgan fingerprint density at radius 1 is 1.00 bits per heavy atom. The fourth-order valence-electron chi connectivity index (χ4n) is 3.79. The van der Waals surface area contributed by atoms with Crippen LogP contribution in [0.25, 0.3) is 0 Å². The summed E-state index contributed by atoms with van der Waals surface area (Å²) in [6.07, 6.45) is 0.966. The molecule has 0 saturated carbocycles. The maximum absolute atomic E-state index is 12.4. The number of anilines is 1. The van der Waals surface area contributed by atoms with Gasteiger partial charge in [0.15, 0.2) is 0 Å². The number of benzene rings is 1. The number of nitrogens with one attached hydrogen (secondary N) is 1. The van der Waals surface area contributed by atoms with Gasteiger partial charge in [0.1, 0.15) is 0 Å². The first-order valence-electron chi connectivity index (χ1n) is 8.98. The Balaban J connectivity index is 1.78.